The van der Waals surface area contributed by atoms with Gasteiger partial charge in [-0.2, -0.15) is 0 Å². The lowest BCUT2D eigenvalue weighted by Crippen LogP contribution is -1.99. The van der Waals surface area contributed by atoms with Gasteiger partial charge in [0.15, 0.2) is 0 Å². The lowest BCUT2D eigenvalue weighted by Gasteiger charge is -2.10. The van der Waals surface area contributed by atoms with E-state index in [1.165, 1.54) is 27.2 Å². The fourth-order valence-electron chi connectivity index (χ4n) is 2.38. The topological polar surface area (TPSA) is 12.0 Å². The van der Waals surface area contributed by atoms with Gasteiger partial charge >= 0.3 is 0 Å². The summed E-state index contributed by atoms with van der Waals surface area (Å²) >= 11 is 0. The first-order chi connectivity index (χ1) is 8.88. The average Bonchev–Trinajstić information content (AvgIpc) is 2.43. The Hall–Kier alpha value is -2.02. The van der Waals surface area contributed by atoms with Gasteiger partial charge in [0.05, 0.1) is 0 Å². The molecule has 0 saturated carbocycles. The molecule has 0 aliphatic heterocycles. The number of benzene rings is 3. The quantitative estimate of drug-likeness (QED) is 0.642. The number of hydrogen-bond acceptors (Lipinski definition) is 1. The molecule has 0 aliphatic carbocycles. The zero-order valence-corrected chi connectivity index (χ0v) is 10.6. The minimum Gasteiger partial charge on any atom is -0.385 e. The lowest BCUT2D eigenvalue weighted by molar-refractivity contribution is 0.981. The molecular weight excluding hydrogens is 218 g/mol. The Bertz CT molecular complexity index is 685. The summed E-state index contributed by atoms with van der Waals surface area (Å²) in [5.74, 6) is 0. The first kappa shape index (κ1) is 11.1. The van der Waals surface area contributed by atoms with E-state index in [0.717, 1.165) is 13.0 Å². The summed E-state index contributed by atoms with van der Waals surface area (Å²) in [6, 6.07) is 19.5. The highest BCUT2D eigenvalue weighted by Gasteiger charge is 2.02. The molecule has 1 heteroatoms. The maximum Gasteiger partial charge on any atom is 0.0420 e. The van der Waals surface area contributed by atoms with Gasteiger partial charge in [-0.3, -0.25) is 0 Å². The van der Waals surface area contributed by atoms with Gasteiger partial charge in [0.2, 0.25) is 0 Å². The smallest absolute Gasteiger partial charge is 0.0420 e. The van der Waals surface area contributed by atoms with Gasteiger partial charge in [0, 0.05) is 17.6 Å². The molecule has 3 rings (SSSR count). The lowest BCUT2D eigenvalue weighted by atomic mass is 10.0. The van der Waals surface area contributed by atoms with E-state index in [0.29, 0.717) is 0 Å². The van der Waals surface area contributed by atoms with Crippen LogP contribution in [0.25, 0.3) is 21.5 Å². The van der Waals surface area contributed by atoms with E-state index >= 15 is 0 Å². The molecule has 3 aromatic rings. The van der Waals surface area contributed by atoms with Crippen molar-refractivity contribution in [3.8, 4) is 0 Å². The van der Waals surface area contributed by atoms with Crippen LogP contribution in [0.5, 0.6) is 0 Å². The van der Waals surface area contributed by atoms with E-state index in [1.54, 1.807) is 0 Å². The standard InChI is InChI=1S/C17H17N/c1-2-10-18-17-9-5-8-15-11-13-6-3-4-7-14(13)12-16(15)17/h3-9,11-12,18H,2,10H2,1H3. The third-order valence-electron chi connectivity index (χ3n) is 3.31. The Labute approximate surface area is 107 Å². The van der Waals surface area contributed by atoms with Crippen LogP contribution in [0.1, 0.15) is 13.3 Å². The van der Waals surface area contributed by atoms with Crippen molar-refractivity contribution >= 4 is 27.2 Å². The second kappa shape index (κ2) is 4.69. The molecule has 0 aromatic heterocycles. The van der Waals surface area contributed by atoms with Crippen molar-refractivity contribution in [1.82, 2.24) is 0 Å². The number of rotatable bonds is 3. The number of anilines is 1. The number of hydrogen-bond donors (Lipinski definition) is 1. The van der Waals surface area contributed by atoms with E-state index in [2.05, 4.69) is 66.8 Å². The molecule has 1 N–H and O–H groups in total. The summed E-state index contributed by atoms with van der Waals surface area (Å²) in [7, 11) is 0. The van der Waals surface area contributed by atoms with E-state index < -0.39 is 0 Å². The molecule has 0 unspecified atom stereocenters. The summed E-state index contributed by atoms with van der Waals surface area (Å²) in [6.45, 7) is 3.21. The van der Waals surface area contributed by atoms with Crippen molar-refractivity contribution in [2.45, 2.75) is 13.3 Å². The molecule has 0 heterocycles. The maximum atomic E-state index is 3.50. The van der Waals surface area contributed by atoms with E-state index in [-0.39, 0.29) is 0 Å². The SMILES string of the molecule is CCCNc1cccc2cc3ccccc3cc12. The van der Waals surface area contributed by atoms with Crippen molar-refractivity contribution in [1.29, 1.82) is 0 Å². The molecule has 3 aromatic carbocycles. The van der Waals surface area contributed by atoms with Gasteiger partial charge in [0.1, 0.15) is 0 Å². The minimum atomic E-state index is 1.02. The van der Waals surface area contributed by atoms with Crippen LogP contribution < -0.4 is 5.32 Å². The monoisotopic (exact) mass is 235 g/mol. The zero-order chi connectivity index (χ0) is 12.4. The van der Waals surface area contributed by atoms with Crippen LogP contribution in [-0.2, 0) is 0 Å². The van der Waals surface area contributed by atoms with Crippen molar-refractivity contribution < 1.29 is 0 Å². The Kier molecular flexibility index (Phi) is 2.89. The number of fused-ring (bicyclic) bond motifs is 2. The van der Waals surface area contributed by atoms with Gasteiger partial charge in [-0.1, -0.05) is 43.3 Å². The molecule has 0 spiro atoms. The Morgan fingerprint density at radius 2 is 1.56 bits per heavy atom. The molecule has 18 heavy (non-hydrogen) atoms. The van der Waals surface area contributed by atoms with Crippen LogP contribution in [0, 0.1) is 0 Å². The molecule has 0 radical (unpaired) electrons. The van der Waals surface area contributed by atoms with Gasteiger partial charge in [0.25, 0.3) is 0 Å². The predicted molar refractivity (Wildman–Crippen MR) is 80.2 cm³/mol. The summed E-state index contributed by atoms with van der Waals surface area (Å²) in [5.41, 5.74) is 1.24. The molecule has 90 valence electrons. The number of nitrogens with one attached hydrogen (secondary N) is 1. The molecule has 1 nitrogen and oxygen atoms in total. The Balaban J connectivity index is 2.22. The van der Waals surface area contributed by atoms with Crippen LogP contribution in [-0.4, -0.2) is 6.54 Å². The Morgan fingerprint density at radius 3 is 2.33 bits per heavy atom. The van der Waals surface area contributed by atoms with Crippen LogP contribution in [0.2, 0.25) is 0 Å². The van der Waals surface area contributed by atoms with Crippen molar-refractivity contribution in [3.05, 3.63) is 54.6 Å². The Morgan fingerprint density at radius 1 is 0.833 bits per heavy atom. The third kappa shape index (κ3) is 1.92. The molecular formula is C17H17N. The minimum absolute atomic E-state index is 1.02. The summed E-state index contributed by atoms with van der Waals surface area (Å²) in [4.78, 5) is 0. The molecule has 0 atom stereocenters. The molecule has 0 fully saturated rings. The normalized spacial score (nSPS) is 10.9. The van der Waals surface area contributed by atoms with E-state index in [1.807, 2.05) is 0 Å². The maximum absolute atomic E-state index is 3.50. The van der Waals surface area contributed by atoms with Crippen LogP contribution in [0.15, 0.2) is 54.6 Å². The second-order valence-electron chi connectivity index (χ2n) is 4.65. The summed E-state index contributed by atoms with van der Waals surface area (Å²) in [5, 5.41) is 8.72. The molecule has 0 aliphatic rings. The fraction of sp³-hybridized carbons (Fsp3) is 0.176. The van der Waals surface area contributed by atoms with Crippen molar-refractivity contribution in [3.63, 3.8) is 0 Å². The van der Waals surface area contributed by atoms with Crippen LogP contribution >= 0.6 is 0 Å². The molecule has 0 amide bonds. The third-order valence-corrected chi connectivity index (χ3v) is 3.31. The van der Waals surface area contributed by atoms with E-state index in [4.69, 9.17) is 0 Å². The van der Waals surface area contributed by atoms with Gasteiger partial charge in [-0.25, -0.2) is 0 Å². The summed E-state index contributed by atoms with van der Waals surface area (Å²) < 4.78 is 0. The van der Waals surface area contributed by atoms with Gasteiger partial charge in [-0.15, -0.1) is 0 Å². The first-order valence-electron chi connectivity index (χ1n) is 6.54. The second-order valence-corrected chi connectivity index (χ2v) is 4.65. The van der Waals surface area contributed by atoms with Gasteiger partial charge < -0.3 is 5.32 Å². The highest BCUT2D eigenvalue weighted by atomic mass is 14.9. The first-order valence-corrected chi connectivity index (χ1v) is 6.54. The largest absolute Gasteiger partial charge is 0.385 e. The highest BCUT2D eigenvalue weighted by molar-refractivity contribution is 6.03. The van der Waals surface area contributed by atoms with Gasteiger partial charge in [-0.05, 0) is 40.8 Å². The molecule has 0 bridgehead atoms. The van der Waals surface area contributed by atoms with Crippen molar-refractivity contribution in [2.75, 3.05) is 11.9 Å². The zero-order valence-electron chi connectivity index (χ0n) is 10.6. The highest BCUT2D eigenvalue weighted by Crippen LogP contribution is 2.28. The molecule has 0 saturated heterocycles. The summed E-state index contributed by atoms with van der Waals surface area (Å²) in [6.07, 6.45) is 1.14. The van der Waals surface area contributed by atoms with Crippen LogP contribution in [0.4, 0.5) is 5.69 Å². The fourth-order valence-corrected chi connectivity index (χ4v) is 2.38. The average molecular weight is 235 g/mol. The van der Waals surface area contributed by atoms with Crippen molar-refractivity contribution in [2.24, 2.45) is 0 Å². The van der Waals surface area contributed by atoms with E-state index in [9.17, 15) is 0 Å². The predicted octanol–water partition coefficient (Wildman–Crippen LogP) is 4.81. The van der Waals surface area contributed by atoms with Crippen LogP contribution in [0.3, 0.4) is 0 Å².